The molecule has 2 N–H and O–H groups in total. The molecule has 0 bridgehead atoms. The van der Waals surface area contributed by atoms with E-state index in [1.165, 1.54) is 12.8 Å². The number of methoxy groups -OCH3 is 1. The second-order valence-electron chi connectivity index (χ2n) is 6.80. The quantitative estimate of drug-likeness (QED) is 0.522. The number of ether oxygens (including phenoxy) is 1. The molecule has 140 valence electrons. The first-order valence-corrected chi connectivity index (χ1v) is 9.36. The van der Waals surface area contributed by atoms with Gasteiger partial charge in [-0.15, -0.1) is 0 Å². The fourth-order valence-electron chi connectivity index (χ4n) is 3.41. The van der Waals surface area contributed by atoms with E-state index in [0.717, 1.165) is 62.7 Å². The number of likely N-dealkylation sites (N-methyl/N-ethyl adjacent to an activating group) is 1. The lowest BCUT2D eigenvalue weighted by molar-refractivity contribution is 0.177. The van der Waals surface area contributed by atoms with Crippen LogP contribution < -0.4 is 10.6 Å². The average Bonchev–Trinajstić information content (AvgIpc) is 3.38. The number of aromatic nitrogens is 3. The third kappa shape index (κ3) is 4.92. The number of nitrogens with zero attached hydrogens (tertiary/aromatic N) is 5. The number of guanidine groups is 1. The van der Waals surface area contributed by atoms with Gasteiger partial charge in [-0.1, -0.05) is 6.92 Å². The Hall–Kier alpha value is -1.67. The summed E-state index contributed by atoms with van der Waals surface area (Å²) in [4.78, 5) is 11.4. The van der Waals surface area contributed by atoms with Gasteiger partial charge in [-0.05, 0) is 25.8 Å². The van der Waals surface area contributed by atoms with Gasteiger partial charge in [0, 0.05) is 45.8 Å². The highest BCUT2D eigenvalue weighted by atomic mass is 16.5. The van der Waals surface area contributed by atoms with E-state index in [-0.39, 0.29) is 0 Å². The van der Waals surface area contributed by atoms with Crippen LogP contribution >= 0.6 is 0 Å². The van der Waals surface area contributed by atoms with Gasteiger partial charge in [0.05, 0.1) is 6.54 Å². The largest absolute Gasteiger partial charge is 0.377 e. The minimum atomic E-state index is 0.321. The van der Waals surface area contributed by atoms with Gasteiger partial charge in [0.25, 0.3) is 0 Å². The summed E-state index contributed by atoms with van der Waals surface area (Å²) in [5, 5.41) is 11.5. The van der Waals surface area contributed by atoms with Crippen molar-refractivity contribution in [1.82, 2.24) is 30.3 Å². The van der Waals surface area contributed by atoms with Crippen molar-refractivity contribution in [1.29, 1.82) is 0 Å². The van der Waals surface area contributed by atoms with E-state index >= 15 is 0 Å². The van der Waals surface area contributed by atoms with Crippen LogP contribution in [0.3, 0.4) is 0 Å². The summed E-state index contributed by atoms with van der Waals surface area (Å²) in [6, 6.07) is 1.13. The van der Waals surface area contributed by atoms with Crippen LogP contribution in [0.15, 0.2) is 4.99 Å². The van der Waals surface area contributed by atoms with Crippen molar-refractivity contribution >= 4 is 5.96 Å². The number of hydrogen-bond acceptors (Lipinski definition) is 5. The molecular formula is C17H31N7O. The molecule has 1 aromatic heterocycles. The summed E-state index contributed by atoms with van der Waals surface area (Å²) in [6.07, 6.45) is 4.67. The van der Waals surface area contributed by atoms with E-state index in [9.17, 15) is 0 Å². The highest BCUT2D eigenvalue weighted by Gasteiger charge is 2.27. The first kappa shape index (κ1) is 18.1. The molecule has 1 unspecified atom stereocenters. The third-order valence-corrected chi connectivity index (χ3v) is 4.90. The molecule has 0 radical (unpaired) electrons. The van der Waals surface area contributed by atoms with Gasteiger partial charge in [-0.2, -0.15) is 5.10 Å². The Morgan fingerprint density at radius 1 is 1.40 bits per heavy atom. The van der Waals surface area contributed by atoms with Gasteiger partial charge in [0.15, 0.2) is 11.8 Å². The van der Waals surface area contributed by atoms with E-state index in [0.29, 0.717) is 12.6 Å². The Morgan fingerprint density at radius 2 is 2.24 bits per heavy atom. The summed E-state index contributed by atoms with van der Waals surface area (Å²) >= 11 is 0. The highest BCUT2D eigenvalue weighted by Crippen LogP contribution is 2.25. The Morgan fingerprint density at radius 3 is 2.92 bits per heavy atom. The number of nitrogens with one attached hydrogen (secondary N) is 2. The lowest BCUT2D eigenvalue weighted by atomic mass is 10.1. The SMILES string of the molecule is CCN(CCNC(=NC)NC1CCc2nc(COC)nn2C1)C1CC1. The van der Waals surface area contributed by atoms with Crippen LogP contribution in [0.1, 0.15) is 37.8 Å². The zero-order chi connectivity index (χ0) is 17.6. The van der Waals surface area contributed by atoms with Crippen molar-refractivity contribution in [2.75, 3.05) is 33.8 Å². The van der Waals surface area contributed by atoms with Crippen LogP contribution in [0.2, 0.25) is 0 Å². The van der Waals surface area contributed by atoms with E-state index in [1.807, 2.05) is 11.7 Å². The maximum absolute atomic E-state index is 5.12. The molecular weight excluding hydrogens is 318 g/mol. The van der Waals surface area contributed by atoms with Crippen LogP contribution in [0, 0.1) is 0 Å². The van der Waals surface area contributed by atoms with Crippen LogP contribution in [-0.4, -0.2) is 71.5 Å². The number of hydrogen-bond donors (Lipinski definition) is 2. The summed E-state index contributed by atoms with van der Waals surface area (Å²) in [5.74, 6) is 2.69. The molecule has 8 nitrogen and oxygen atoms in total. The number of aliphatic imine (C=N–C) groups is 1. The standard InChI is InChI=1S/C17H31N7O/c1-4-23(14-6-7-14)10-9-19-17(18-2)20-13-5-8-16-21-15(12-25-3)22-24(16)11-13/h13-14H,4-12H2,1-3H3,(H2,18,19,20). The van der Waals surface area contributed by atoms with E-state index < -0.39 is 0 Å². The molecule has 2 heterocycles. The molecule has 0 aromatic carbocycles. The minimum Gasteiger partial charge on any atom is -0.377 e. The second kappa shape index (κ2) is 8.62. The van der Waals surface area contributed by atoms with Crippen molar-refractivity contribution in [2.24, 2.45) is 4.99 Å². The van der Waals surface area contributed by atoms with Gasteiger partial charge in [-0.25, -0.2) is 9.67 Å². The fraction of sp³-hybridized carbons (Fsp3) is 0.824. The first-order chi connectivity index (χ1) is 12.2. The molecule has 1 aromatic rings. The maximum atomic E-state index is 5.12. The van der Waals surface area contributed by atoms with E-state index in [2.05, 4.69) is 37.5 Å². The molecule has 3 rings (SSSR count). The smallest absolute Gasteiger partial charge is 0.191 e. The molecule has 1 aliphatic carbocycles. The molecule has 1 fully saturated rings. The number of rotatable bonds is 8. The van der Waals surface area contributed by atoms with Gasteiger partial charge >= 0.3 is 0 Å². The molecule has 25 heavy (non-hydrogen) atoms. The van der Waals surface area contributed by atoms with Crippen LogP contribution in [0.5, 0.6) is 0 Å². The van der Waals surface area contributed by atoms with Gasteiger partial charge in [0.1, 0.15) is 12.4 Å². The van der Waals surface area contributed by atoms with Crippen molar-refractivity contribution in [3.8, 4) is 0 Å². The highest BCUT2D eigenvalue weighted by molar-refractivity contribution is 5.79. The Balaban J connectivity index is 1.45. The summed E-state index contributed by atoms with van der Waals surface area (Å²) in [6.45, 7) is 6.64. The third-order valence-electron chi connectivity index (χ3n) is 4.90. The molecule has 2 aliphatic rings. The zero-order valence-electron chi connectivity index (χ0n) is 15.7. The first-order valence-electron chi connectivity index (χ1n) is 9.36. The lowest BCUT2D eigenvalue weighted by Crippen LogP contribution is -2.48. The van der Waals surface area contributed by atoms with E-state index in [4.69, 9.17) is 4.74 Å². The monoisotopic (exact) mass is 349 g/mol. The molecule has 8 heteroatoms. The molecule has 0 amide bonds. The normalized spacial score (nSPS) is 20.6. The zero-order valence-corrected chi connectivity index (χ0v) is 15.7. The van der Waals surface area contributed by atoms with Gasteiger partial charge < -0.3 is 15.4 Å². The van der Waals surface area contributed by atoms with Crippen molar-refractivity contribution < 1.29 is 4.74 Å². The van der Waals surface area contributed by atoms with Crippen molar-refractivity contribution in [2.45, 2.75) is 57.8 Å². The summed E-state index contributed by atoms with van der Waals surface area (Å²) < 4.78 is 7.12. The predicted octanol–water partition coefficient (Wildman–Crippen LogP) is 0.389. The molecule has 1 aliphatic heterocycles. The van der Waals surface area contributed by atoms with Crippen molar-refractivity contribution in [3.05, 3.63) is 11.6 Å². The topological polar surface area (TPSA) is 79.6 Å². The Bertz CT molecular complexity index is 582. The number of fused-ring (bicyclic) bond motifs is 1. The molecule has 1 saturated carbocycles. The summed E-state index contributed by atoms with van der Waals surface area (Å²) in [5.41, 5.74) is 0. The number of aryl methyl sites for hydroxylation is 1. The lowest BCUT2D eigenvalue weighted by Gasteiger charge is -2.26. The van der Waals surface area contributed by atoms with E-state index in [1.54, 1.807) is 7.11 Å². The van der Waals surface area contributed by atoms with Crippen LogP contribution in [0.25, 0.3) is 0 Å². The van der Waals surface area contributed by atoms with Crippen LogP contribution in [0.4, 0.5) is 0 Å². The predicted molar refractivity (Wildman–Crippen MR) is 97.6 cm³/mol. The Kier molecular flexibility index (Phi) is 6.25. The molecule has 0 spiro atoms. The Labute approximate surface area is 150 Å². The van der Waals surface area contributed by atoms with Crippen LogP contribution in [-0.2, 0) is 24.3 Å². The second-order valence-corrected chi connectivity index (χ2v) is 6.80. The molecule has 0 saturated heterocycles. The molecule has 1 atom stereocenters. The maximum Gasteiger partial charge on any atom is 0.191 e. The summed E-state index contributed by atoms with van der Waals surface area (Å²) in [7, 11) is 3.50. The van der Waals surface area contributed by atoms with Gasteiger partial charge in [0.2, 0.25) is 0 Å². The van der Waals surface area contributed by atoms with Gasteiger partial charge in [-0.3, -0.25) is 9.89 Å². The minimum absolute atomic E-state index is 0.321. The fourth-order valence-corrected chi connectivity index (χ4v) is 3.41. The average molecular weight is 349 g/mol. The van der Waals surface area contributed by atoms with Crippen molar-refractivity contribution in [3.63, 3.8) is 0 Å².